The number of benzene rings is 3. The van der Waals surface area contributed by atoms with Gasteiger partial charge in [-0.15, -0.1) is 0 Å². The molecule has 3 heterocycles. The average molecular weight is 898 g/mol. The van der Waals surface area contributed by atoms with Crippen LogP contribution in [0.2, 0.25) is 5.02 Å². The number of para-hydroxylation sites is 1. The van der Waals surface area contributed by atoms with Gasteiger partial charge < -0.3 is 41.6 Å². The van der Waals surface area contributed by atoms with E-state index in [4.69, 9.17) is 16.3 Å². The summed E-state index contributed by atoms with van der Waals surface area (Å²) < 4.78 is 18.2. The number of hydrogen-bond donors (Lipinski definition) is 7. The van der Waals surface area contributed by atoms with Gasteiger partial charge in [0.15, 0.2) is 0 Å². The van der Waals surface area contributed by atoms with E-state index in [0.717, 1.165) is 17.3 Å². The number of aromatic nitrogens is 1. The van der Waals surface area contributed by atoms with E-state index in [0.29, 0.717) is 54.3 Å². The highest BCUT2D eigenvalue weighted by atomic mass is 35.5. The van der Waals surface area contributed by atoms with Crippen molar-refractivity contribution in [3.05, 3.63) is 125 Å². The quantitative estimate of drug-likeness (QED) is 0.0310. The van der Waals surface area contributed by atoms with E-state index in [1.165, 1.54) is 24.3 Å². The molecule has 0 bridgehead atoms. The van der Waals surface area contributed by atoms with Crippen molar-refractivity contribution < 1.29 is 42.7 Å². The van der Waals surface area contributed by atoms with Gasteiger partial charge in [0.05, 0.1) is 6.61 Å². The fourth-order valence-corrected chi connectivity index (χ4v) is 7.49. The zero-order chi connectivity index (χ0) is 46.0. The smallest absolute Gasteiger partial charge is 0.330 e. The van der Waals surface area contributed by atoms with Gasteiger partial charge in [0.2, 0.25) is 29.5 Å². The van der Waals surface area contributed by atoms with Crippen LogP contribution in [0.1, 0.15) is 62.0 Å². The molecule has 5 atom stereocenters. The number of allylic oxidation sites excluding steroid dienone is 1. The van der Waals surface area contributed by atoms with Crippen molar-refractivity contribution in [2.24, 2.45) is 11.8 Å². The van der Waals surface area contributed by atoms with Crippen LogP contribution in [0.3, 0.4) is 0 Å². The molecule has 338 valence electrons. The molecule has 3 aromatic carbocycles. The topological polar surface area (TPSA) is 217 Å². The summed E-state index contributed by atoms with van der Waals surface area (Å²) in [6.45, 7) is 4.98. The first-order valence-corrected chi connectivity index (χ1v) is 21.5. The molecule has 7 N–H and O–H groups in total. The van der Waals surface area contributed by atoms with Gasteiger partial charge in [-0.3, -0.25) is 28.8 Å². The molecule has 0 spiro atoms. The Bertz CT molecular complexity index is 2320. The first-order chi connectivity index (χ1) is 30.8. The standard InChI is InChI=1S/C27H29FN4O3.C20H24ClN3O5/c1-2-5-21(15-19-12-13-29-25(19)33)30-26(34)23(14-17-8-10-20(28)11-9-17)32-27(35)24-16-18-6-3-4-7-22(18)31-24;1-2-29-19(27)7-6-16(10-13-8-9-22-20(13)28)24-18(26)12-17(25)23-15-5-3-4-14(21)11-15/h2-11,16,19,21,23,31H,12-15H2,1H3,(H,29,33)(H,30,34)(H,32,35);3-7,11,13,16H,2,8-10,12H2,1H3,(H,22,28)(H,23,25)(H,24,26)/b5-2+;7-6+/t19-,21+,23-;13-,16+/m00/s1. The van der Waals surface area contributed by atoms with Crippen LogP contribution >= 0.6 is 11.6 Å². The number of anilines is 1. The monoisotopic (exact) mass is 897 g/mol. The fourth-order valence-electron chi connectivity index (χ4n) is 7.30. The number of fused-ring (bicyclic) bond motifs is 1. The molecule has 1 aromatic heterocycles. The largest absolute Gasteiger partial charge is 0.463 e. The lowest BCUT2D eigenvalue weighted by Crippen LogP contribution is -2.50. The zero-order valence-electron chi connectivity index (χ0n) is 35.6. The summed E-state index contributed by atoms with van der Waals surface area (Å²) >= 11 is 5.87. The molecule has 0 aliphatic carbocycles. The summed E-state index contributed by atoms with van der Waals surface area (Å²) in [5.41, 5.74) is 2.36. The third kappa shape index (κ3) is 15.2. The minimum absolute atomic E-state index is 0.0104. The van der Waals surface area contributed by atoms with Gasteiger partial charge >= 0.3 is 5.97 Å². The molecule has 6 amide bonds. The summed E-state index contributed by atoms with van der Waals surface area (Å²) in [4.78, 5) is 89.3. The van der Waals surface area contributed by atoms with Gasteiger partial charge in [-0.05, 0) is 87.6 Å². The second-order valence-electron chi connectivity index (χ2n) is 15.3. The lowest BCUT2D eigenvalue weighted by atomic mass is 9.97. The van der Waals surface area contributed by atoms with Gasteiger partial charge in [-0.1, -0.05) is 66.2 Å². The van der Waals surface area contributed by atoms with E-state index >= 15 is 0 Å². The maximum atomic E-state index is 13.4. The lowest BCUT2D eigenvalue weighted by molar-refractivity contribution is -0.137. The van der Waals surface area contributed by atoms with E-state index in [1.54, 1.807) is 49.4 Å². The average Bonchev–Trinajstić information content (AvgIpc) is 4.00. The number of H-pyrrole nitrogens is 1. The van der Waals surface area contributed by atoms with E-state index in [2.05, 4.69) is 36.9 Å². The van der Waals surface area contributed by atoms with Crippen LogP contribution in [-0.2, 0) is 39.9 Å². The van der Waals surface area contributed by atoms with Crippen molar-refractivity contribution in [1.29, 1.82) is 0 Å². The SMILES string of the molecule is C/C=C/[C@H](C[C@@H]1CCNC1=O)NC(=O)[C@H](Cc1ccc(F)cc1)NC(=O)c1cc2ccccc2[nH]1.CCOC(=O)/C=C/[C@H](C[C@@H]1CCNC1=O)NC(=O)CC(=O)Nc1cccc(Cl)c1. The summed E-state index contributed by atoms with van der Waals surface area (Å²) in [5.74, 6) is -3.28. The number of aromatic amines is 1. The Labute approximate surface area is 375 Å². The van der Waals surface area contributed by atoms with Gasteiger partial charge in [0.1, 0.15) is 24.0 Å². The number of amides is 6. The van der Waals surface area contributed by atoms with Gasteiger partial charge in [0, 0.05) is 71.1 Å². The third-order valence-corrected chi connectivity index (χ3v) is 10.7. The second kappa shape index (κ2) is 24.1. The van der Waals surface area contributed by atoms with Crippen molar-refractivity contribution in [1.82, 2.24) is 31.6 Å². The Morgan fingerprint density at radius 1 is 0.828 bits per heavy atom. The van der Waals surface area contributed by atoms with Crippen molar-refractivity contribution in [3.63, 3.8) is 0 Å². The van der Waals surface area contributed by atoms with Crippen LogP contribution in [0.4, 0.5) is 10.1 Å². The summed E-state index contributed by atoms with van der Waals surface area (Å²) in [7, 11) is 0. The predicted molar refractivity (Wildman–Crippen MR) is 240 cm³/mol. The second-order valence-corrected chi connectivity index (χ2v) is 15.7. The molecule has 4 aromatic rings. The molecular formula is C47H53ClFN7O8. The number of ether oxygens (including phenoxy) is 1. The predicted octanol–water partition coefficient (Wildman–Crippen LogP) is 5.03. The van der Waals surface area contributed by atoms with Gasteiger partial charge in [-0.25, -0.2) is 9.18 Å². The number of carbonyl (C=O) groups excluding carboxylic acids is 7. The van der Waals surface area contributed by atoms with Crippen molar-refractivity contribution in [2.75, 3.05) is 25.0 Å². The molecule has 17 heteroatoms. The van der Waals surface area contributed by atoms with E-state index < -0.39 is 42.2 Å². The number of esters is 1. The Kier molecular flexibility index (Phi) is 18.2. The Hall–Kier alpha value is -6.81. The van der Waals surface area contributed by atoms with Gasteiger partial charge in [0.25, 0.3) is 5.91 Å². The summed E-state index contributed by atoms with van der Waals surface area (Å²) in [6.07, 6.45) is 8.31. The van der Waals surface area contributed by atoms with Crippen LogP contribution in [0.5, 0.6) is 0 Å². The number of halogens is 2. The maximum absolute atomic E-state index is 13.4. The molecule has 2 aliphatic rings. The Morgan fingerprint density at radius 2 is 1.50 bits per heavy atom. The molecule has 6 rings (SSSR count). The molecule has 2 aliphatic heterocycles. The summed E-state index contributed by atoms with van der Waals surface area (Å²) in [5, 5.41) is 18.0. The molecule has 0 saturated carbocycles. The maximum Gasteiger partial charge on any atom is 0.330 e. The van der Waals surface area contributed by atoms with E-state index in [9.17, 15) is 38.0 Å². The van der Waals surface area contributed by atoms with Crippen LogP contribution in [0.25, 0.3) is 10.9 Å². The Balaban J connectivity index is 0.000000246. The number of carbonyl (C=O) groups is 7. The van der Waals surface area contributed by atoms with Crippen molar-refractivity contribution >= 4 is 69.6 Å². The first kappa shape index (κ1) is 48.2. The van der Waals surface area contributed by atoms with Gasteiger partial charge in [-0.2, -0.15) is 0 Å². The lowest BCUT2D eigenvalue weighted by Gasteiger charge is -2.23. The molecule has 0 radical (unpaired) electrons. The van der Waals surface area contributed by atoms with E-state index in [1.807, 2.05) is 43.3 Å². The molecule has 0 unspecified atom stereocenters. The molecule has 15 nitrogen and oxygen atoms in total. The molecule has 2 saturated heterocycles. The highest BCUT2D eigenvalue weighted by Gasteiger charge is 2.30. The highest BCUT2D eigenvalue weighted by molar-refractivity contribution is 6.31. The number of hydrogen-bond acceptors (Lipinski definition) is 8. The fraction of sp³-hybridized carbons (Fsp3) is 0.340. The minimum Gasteiger partial charge on any atom is -0.463 e. The molecule has 64 heavy (non-hydrogen) atoms. The third-order valence-electron chi connectivity index (χ3n) is 10.4. The van der Waals surface area contributed by atoms with Crippen LogP contribution in [0.15, 0.2) is 103 Å². The van der Waals surface area contributed by atoms with Crippen LogP contribution in [-0.4, -0.2) is 84.2 Å². The van der Waals surface area contributed by atoms with E-state index in [-0.39, 0.29) is 54.4 Å². The van der Waals surface area contributed by atoms with Crippen molar-refractivity contribution in [2.45, 2.75) is 70.5 Å². The van der Waals surface area contributed by atoms with Crippen molar-refractivity contribution in [3.8, 4) is 0 Å². The normalized spacial score (nSPS) is 17.1. The van der Waals surface area contributed by atoms with Crippen LogP contribution in [0, 0.1) is 17.7 Å². The zero-order valence-corrected chi connectivity index (χ0v) is 36.3. The van der Waals surface area contributed by atoms with Crippen LogP contribution < -0.4 is 31.9 Å². The number of nitrogens with one attached hydrogen (secondary N) is 7. The molecular weight excluding hydrogens is 845 g/mol. The molecule has 2 fully saturated rings. The minimum atomic E-state index is -0.899. The summed E-state index contributed by atoms with van der Waals surface area (Å²) in [6, 6.07) is 19.8. The number of rotatable bonds is 18. The first-order valence-electron chi connectivity index (χ1n) is 21.1. The Morgan fingerprint density at radius 3 is 2.11 bits per heavy atom. The highest BCUT2D eigenvalue weighted by Crippen LogP contribution is 2.20.